The van der Waals surface area contributed by atoms with Crippen LogP contribution in [0.2, 0.25) is 5.02 Å². The number of carboxylic acids is 1. The second kappa shape index (κ2) is 11.5. The van der Waals surface area contributed by atoms with E-state index in [0.717, 1.165) is 6.07 Å². The van der Waals surface area contributed by atoms with Gasteiger partial charge in [0, 0.05) is 29.3 Å². The summed E-state index contributed by atoms with van der Waals surface area (Å²) in [5, 5.41) is 10.8. The minimum absolute atomic E-state index is 0.0265. The second-order valence-electron chi connectivity index (χ2n) is 11.1. The lowest BCUT2D eigenvalue weighted by Crippen LogP contribution is -2.50. The van der Waals surface area contributed by atoms with E-state index in [2.05, 4.69) is 4.98 Å². The summed E-state index contributed by atoms with van der Waals surface area (Å²) in [4.78, 5) is 31.8. The van der Waals surface area contributed by atoms with E-state index in [1.165, 1.54) is 12.0 Å². The molecule has 0 spiro atoms. The number of aliphatic carboxylic acids is 1. The van der Waals surface area contributed by atoms with Gasteiger partial charge in [0.25, 0.3) is 5.91 Å². The Hall–Kier alpha value is -2.89. The molecule has 2 aliphatic rings. The minimum Gasteiger partial charge on any atom is -0.481 e. The first-order valence-electron chi connectivity index (χ1n) is 12.9. The Bertz CT molecular complexity index is 1250. The van der Waals surface area contributed by atoms with Gasteiger partial charge in [0.05, 0.1) is 31.4 Å². The van der Waals surface area contributed by atoms with Gasteiger partial charge in [0.1, 0.15) is 12.1 Å². The highest BCUT2D eigenvalue weighted by Gasteiger charge is 2.60. The van der Waals surface area contributed by atoms with Gasteiger partial charge < -0.3 is 24.2 Å². The molecule has 40 heavy (non-hydrogen) atoms. The van der Waals surface area contributed by atoms with Crippen LogP contribution in [0.3, 0.4) is 0 Å². The average Bonchev–Trinajstić information content (AvgIpc) is 3.53. The summed E-state index contributed by atoms with van der Waals surface area (Å²) in [6.07, 6.45) is -4.66. The lowest BCUT2D eigenvalue weighted by atomic mass is 9.73. The van der Waals surface area contributed by atoms with E-state index in [1.54, 1.807) is 24.3 Å². The highest BCUT2D eigenvalue weighted by molar-refractivity contribution is 6.31. The molecule has 3 heterocycles. The van der Waals surface area contributed by atoms with Gasteiger partial charge in [0.15, 0.2) is 0 Å². The number of hydrogen-bond acceptors (Lipinski definition) is 6. The number of carbonyl (C=O) groups excluding carboxylic acids is 1. The van der Waals surface area contributed by atoms with Crippen LogP contribution in [0.4, 0.5) is 13.2 Å². The summed E-state index contributed by atoms with van der Waals surface area (Å²) in [6.45, 7) is 5.50. The molecule has 2 saturated heterocycles. The third kappa shape index (κ3) is 5.91. The number of nitrogens with zero attached hydrogens (tertiary/aromatic N) is 2. The van der Waals surface area contributed by atoms with Crippen LogP contribution in [0.1, 0.15) is 56.3 Å². The predicted octanol–water partition coefficient (Wildman–Crippen LogP) is 5.53. The number of hydrogen-bond donors (Lipinski definition) is 1. The Balaban J connectivity index is 1.84. The normalized spacial score (nSPS) is 25.3. The van der Waals surface area contributed by atoms with Crippen LogP contribution in [0.15, 0.2) is 36.5 Å². The van der Waals surface area contributed by atoms with Crippen molar-refractivity contribution in [3.63, 3.8) is 0 Å². The second-order valence-corrected chi connectivity index (χ2v) is 11.5. The quantitative estimate of drug-likeness (QED) is 0.457. The van der Waals surface area contributed by atoms with Gasteiger partial charge in [-0.3, -0.25) is 4.79 Å². The number of carbonyl (C=O) groups is 2. The average molecular weight is 585 g/mol. The standard InChI is InChI=1S/C28H32ClF3N2O6/c1-27(2,3)20-22(26(36)37)34(25(35)19-10-7-11-39-19)21(17-8-5-6-9-18(17)29)23(20)40-14-15-12-16(28(30,31)32)13-33-24(15)38-4/h5-6,8-9,12-13,19-23H,7,10-11,14H2,1-4H3,(H,36,37)/t19-,20+,21-,22-,23-/m0/s1. The van der Waals surface area contributed by atoms with Crippen LogP contribution < -0.4 is 4.74 Å². The summed E-state index contributed by atoms with van der Waals surface area (Å²) in [7, 11) is 1.28. The van der Waals surface area contributed by atoms with E-state index in [-0.39, 0.29) is 18.1 Å². The molecular formula is C28H32ClF3N2O6. The number of pyridine rings is 1. The van der Waals surface area contributed by atoms with Crippen LogP contribution in [0.5, 0.6) is 5.88 Å². The van der Waals surface area contributed by atoms with Gasteiger partial charge in [-0.15, -0.1) is 0 Å². The van der Waals surface area contributed by atoms with Crippen molar-refractivity contribution in [2.24, 2.45) is 11.3 Å². The number of aromatic nitrogens is 1. The molecule has 0 radical (unpaired) electrons. The largest absolute Gasteiger partial charge is 0.481 e. The first-order chi connectivity index (χ1) is 18.8. The van der Waals surface area contributed by atoms with Gasteiger partial charge in [-0.2, -0.15) is 13.2 Å². The maximum atomic E-state index is 13.9. The van der Waals surface area contributed by atoms with E-state index in [4.69, 9.17) is 25.8 Å². The molecular weight excluding hydrogens is 553 g/mol. The molecule has 2 aromatic rings. The van der Waals surface area contributed by atoms with Crippen molar-refractivity contribution < 1.29 is 42.1 Å². The van der Waals surface area contributed by atoms with Crippen LogP contribution in [-0.2, 0) is 31.8 Å². The number of ether oxygens (including phenoxy) is 3. The molecule has 0 bridgehead atoms. The zero-order valence-electron chi connectivity index (χ0n) is 22.6. The molecule has 8 nitrogen and oxygen atoms in total. The first kappa shape index (κ1) is 30.1. The third-order valence-corrected chi connectivity index (χ3v) is 7.76. The number of benzene rings is 1. The Morgan fingerprint density at radius 1 is 1.23 bits per heavy atom. The monoisotopic (exact) mass is 584 g/mol. The van der Waals surface area contributed by atoms with E-state index < -0.39 is 59.2 Å². The van der Waals surface area contributed by atoms with Gasteiger partial charge in [-0.05, 0) is 36.0 Å². The highest BCUT2D eigenvalue weighted by atomic mass is 35.5. The smallest absolute Gasteiger partial charge is 0.417 e. The van der Waals surface area contributed by atoms with E-state index in [1.807, 2.05) is 20.8 Å². The Labute approximate surface area is 235 Å². The van der Waals surface area contributed by atoms with Crippen LogP contribution in [0, 0.1) is 11.3 Å². The first-order valence-corrected chi connectivity index (χ1v) is 13.3. The van der Waals surface area contributed by atoms with Crippen molar-refractivity contribution in [2.75, 3.05) is 13.7 Å². The Morgan fingerprint density at radius 3 is 2.48 bits per heavy atom. The maximum Gasteiger partial charge on any atom is 0.417 e. The Morgan fingerprint density at radius 2 is 1.93 bits per heavy atom. The zero-order valence-corrected chi connectivity index (χ0v) is 23.3. The van der Waals surface area contributed by atoms with Gasteiger partial charge in [-0.1, -0.05) is 50.6 Å². The number of alkyl halides is 3. The molecule has 0 unspecified atom stereocenters. The number of carboxylic acid groups (broad SMARTS) is 1. The maximum absolute atomic E-state index is 13.9. The lowest BCUT2D eigenvalue weighted by Gasteiger charge is -2.35. The molecule has 4 rings (SSSR count). The lowest BCUT2D eigenvalue weighted by molar-refractivity contribution is -0.156. The molecule has 5 atom stereocenters. The fourth-order valence-corrected chi connectivity index (χ4v) is 5.94. The molecule has 0 aliphatic carbocycles. The van der Waals surface area contributed by atoms with E-state index in [0.29, 0.717) is 36.2 Å². The number of amides is 1. The predicted molar refractivity (Wildman–Crippen MR) is 139 cm³/mol. The molecule has 1 aromatic carbocycles. The van der Waals surface area contributed by atoms with Crippen molar-refractivity contribution in [1.82, 2.24) is 9.88 Å². The van der Waals surface area contributed by atoms with Crippen molar-refractivity contribution in [3.05, 3.63) is 58.2 Å². The molecule has 1 N–H and O–H groups in total. The van der Waals surface area contributed by atoms with Crippen LogP contribution in [0.25, 0.3) is 0 Å². The summed E-state index contributed by atoms with van der Waals surface area (Å²) < 4.78 is 57.5. The van der Waals surface area contributed by atoms with Gasteiger partial charge in [0.2, 0.25) is 5.88 Å². The third-order valence-electron chi connectivity index (χ3n) is 7.42. The van der Waals surface area contributed by atoms with Crippen molar-refractivity contribution in [1.29, 1.82) is 0 Å². The highest BCUT2D eigenvalue weighted by Crippen LogP contribution is 2.51. The SMILES string of the molecule is COc1ncc(C(F)(F)F)cc1CO[C@H]1[C@H](C(C)(C)C)[C@@H](C(=O)O)N(C(=O)[C@@H]2CCCO2)[C@H]1c1ccccc1Cl. The van der Waals surface area contributed by atoms with Crippen molar-refractivity contribution in [2.45, 2.75) is 70.7 Å². The number of rotatable bonds is 7. The summed E-state index contributed by atoms with van der Waals surface area (Å²) in [5.41, 5.74) is -1.20. The van der Waals surface area contributed by atoms with E-state index in [9.17, 15) is 27.9 Å². The minimum atomic E-state index is -4.64. The zero-order chi connectivity index (χ0) is 29.4. The molecule has 1 amide bonds. The van der Waals surface area contributed by atoms with Crippen LogP contribution >= 0.6 is 11.6 Å². The Kier molecular flexibility index (Phi) is 8.68. The fraction of sp³-hybridized carbons (Fsp3) is 0.536. The topological polar surface area (TPSA) is 98.2 Å². The summed E-state index contributed by atoms with van der Waals surface area (Å²) >= 11 is 6.60. The molecule has 1 aromatic heterocycles. The van der Waals surface area contributed by atoms with Gasteiger partial charge in [-0.25, -0.2) is 9.78 Å². The number of methoxy groups -OCH3 is 1. The van der Waals surface area contributed by atoms with Crippen molar-refractivity contribution >= 4 is 23.5 Å². The van der Waals surface area contributed by atoms with Crippen molar-refractivity contribution in [3.8, 4) is 5.88 Å². The summed E-state index contributed by atoms with van der Waals surface area (Å²) in [5.74, 6) is -2.56. The summed E-state index contributed by atoms with van der Waals surface area (Å²) in [6, 6.07) is 5.36. The molecule has 12 heteroatoms. The molecule has 2 aliphatic heterocycles. The molecule has 218 valence electrons. The number of likely N-dealkylation sites (tertiary alicyclic amines) is 1. The van der Waals surface area contributed by atoms with Gasteiger partial charge >= 0.3 is 12.1 Å². The number of halogens is 4. The molecule has 2 fully saturated rings. The fourth-order valence-electron chi connectivity index (χ4n) is 5.69. The van der Waals surface area contributed by atoms with E-state index >= 15 is 0 Å². The molecule has 0 saturated carbocycles. The van der Waals surface area contributed by atoms with Crippen LogP contribution in [-0.4, -0.2) is 58.8 Å².